The second-order valence-electron chi connectivity index (χ2n) is 6.97. The van der Waals surface area contributed by atoms with Gasteiger partial charge in [0.2, 0.25) is 5.91 Å². The van der Waals surface area contributed by atoms with Gasteiger partial charge in [-0.05, 0) is 56.8 Å². The van der Waals surface area contributed by atoms with Gasteiger partial charge in [-0.15, -0.1) is 0 Å². The van der Waals surface area contributed by atoms with Gasteiger partial charge in [-0.2, -0.15) is 0 Å². The van der Waals surface area contributed by atoms with Crippen molar-refractivity contribution in [1.29, 1.82) is 0 Å². The number of hydrogen-bond donors (Lipinski definition) is 2. The molecule has 98 valence electrons. The predicted octanol–water partition coefficient (Wildman–Crippen LogP) is 2.20. The lowest BCUT2D eigenvalue weighted by atomic mass is 9.75. The third-order valence-electron chi connectivity index (χ3n) is 4.59. The van der Waals surface area contributed by atoms with Crippen LogP contribution in [-0.4, -0.2) is 17.5 Å². The zero-order valence-electron chi connectivity index (χ0n) is 11.4. The van der Waals surface area contributed by atoms with Gasteiger partial charge < -0.3 is 11.1 Å². The summed E-state index contributed by atoms with van der Waals surface area (Å²) in [6.07, 6.45) is 6.81. The van der Waals surface area contributed by atoms with Crippen LogP contribution >= 0.6 is 0 Å². The highest BCUT2D eigenvalue weighted by Gasteiger charge is 2.44. The van der Waals surface area contributed by atoms with Crippen LogP contribution in [0.1, 0.15) is 59.3 Å². The van der Waals surface area contributed by atoms with Gasteiger partial charge in [-0.3, -0.25) is 4.79 Å². The lowest BCUT2D eigenvalue weighted by molar-refractivity contribution is -0.127. The van der Waals surface area contributed by atoms with E-state index in [1.165, 1.54) is 12.8 Å². The normalized spacial score (nSPS) is 28.5. The minimum absolute atomic E-state index is 0.0599. The highest BCUT2D eigenvalue weighted by molar-refractivity contribution is 5.86. The van der Waals surface area contributed by atoms with E-state index in [1.54, 1.807) is 0 Å². The molecule has 0 spiro atoms. The first-order valence-electron chi connectivity index (χ1n) is 6.91. The molecule has 2 fully saturated rings. The number of carbonyl (C=O) groups is 1. The molecule has 3 heteroatoms. The summed E-state index contributed by atoms with van der Waals surface area (Å²) in [6.45, 7) is 6.50. The summed E-state index contributed by atoms with van der Waals surface area (Å²) in [7, 11) is 0. The largest absolute Gasteiger partial charge is 0.352 e. The second kappa shape index (κ2) is 4.27. The van der Waals surface area contributed by atoms with Crippen LogP contribution in [-0.2, 0) is 4.79 Å². The van der Waals surface area contributed by atoms with Gasteiger partial charge in [-0.25, -0.2) is 0 Å². The van der Waals surface area contributed by atoms with Crippen LogP contribution < -0.4 is 11.1 Å². The summed E-state index contributed by atoms with van der Waals surface area (Å²) < 4.78 is 0. The average molecular weight is 238 g/mol. The van der Waals surface area contributed by atoms with Crippen LogP contribution in [0.2, 0.25) is 0 Å². The Balaban J connectivity index is 1.83. The SMILES string of the molecule is CC1(C)CCC(NC(=O)C(C)(N)C2CC2)CC1. The Morgan fingerprint density at radius 1 is 1.24 bits per heavy atom. The third-order valence-corrected chi connectivity index (χ3v) is 4.59. The fraction of sp³-hybridized carbons (Fsp3) is 0.929. The van der Waals surface area contributed by atoms with Gasteiger partial charge in [0.25, 0.3) is 0 Å². The van der Waals surface area contributed by atoms with E-state index >= 15 is 0 Å². The van der Waals surface area contributed by atoms with E-state index in [0.29, 0.717) is 17.4 Å². The minimum Gasteiger partial charge on any atom is -0.352 e. The van der Waals surface area contributed by atoms with E-state index < -0.39 is 5.54 Å². The number of hydrogen-bond acceptors (Lipinski definition) is 2. The Labute approximate surface area is 105 Å². The summed E-state index contributed by atoms with van der Waals surface area (Å²) in [5.74, 6) is 0.465. The Morgan fingerprint density at radius 2 is 1.76 bits per heavy atom. The first-order valence-corrected chi connectivity index (χ1v) is 6.91. The third kappa shape index (κ3) is 3.01. The molecule has 0 heterocycles. The van der Waals surface area contributed by atoms with Crippen molar-refractivity contribution in [2.75, 3.05) is 0 Å². The van der Waals surface area contributed by atoms with Gasteiger partial charge >= 0.3 is 0 Å². The van der Waals surface area contributed by atoms with E-state index in [-0.39, 0.29) is 5.91 Å². The standard InChI is InChI=1S/C14H26N2O/c1-13(2)8-6-11(7-9-13)16-12(17)14(3,15)10-4-5-10/h10-11H,4-9,15H2,1-3H3,(H,16,17). The van der Waals surface area contributed by atoms with Crippen molar-refractivity contribution in [1.82, 2.24) is 5.32 Å². The van der Waals surface area contributed by atoms with Crippen molar-refractivity contribution < 1.29 is 4.79 Å². The van der Waals surface area contributed by atoms with E-state index in [2.05, 4.69) is 19.2 Å². The highest BCUT2D eigenvalue weighted by atomic mass is 16.2. The van der Waals surface area contributed by atoms with Crippen molar-refractivity contribution in [2.45, 2.75) is 70.9 Å². The number of amides is 1. The molecule has 0 aromatic carbocycles. The molecular formula is C14H26N2O. The van der Waals surface area contributed by atoms with Crippen LogP contribution in [0.4, 0.5) is 0 Å². The summed E-state index contributed by atoms with van der Waals surface area (Å²) >= 11 is 0. The Morgan fingerprint density at radius 3 is 2.24 bits per heavy atom. The smallest absolute Gasteiger partial charge is 0.240 e. The van der Waals surface area contributed by atoms with Gasteiger partial charge in [0, 0.05) is 6.04 Å². The lowest BCUT2D eigenvalue weighted by Gasteiger charge is -2.36. The fourth-order valence-corrected chi connectivity index (χ4v) is 2.75. The molecule has 17 heavy (non-hydrogen) atoms. The topological polar surface area (TPSA) is 55.1 Å². The second-order valence-corrected chi connectivity index (χ2v) is 6.97. The van der Waals surface area contributed by atoms with E-state index in [9.17, 15) is 4.79 Å². The van der Waals surface area contributed by atoms with E-state index in [4.69, 9.17) is 5.73 Å². The van der Waals surface area contributed by atoms with Crippen LogP contribution in [0.25, 0.3) is 0 Å². The van der Waals surface area contributed by atoms with Gasteiger partial charge in [0.15, 0.2) is 0 Å². The van der Waals surface area contributed by atoms with E-state index in [1.807, 2.05) is 6.92 Å². The summed E-state index contributed by atoms with van der Waals surface area (Å²) in [4.78, 5) is 12.1. The molecule has 0 bridgehead atoms. The first kappa shape index (κ1) is 12.9. The maximum atomic E-state index is 12.1. The molecule has 0 saturated heterocycles. The molecule has 2 aliphatic rings. The van der Waals surface area contributed by atoms with E-state index in [0.717, 1.165) is 25.7 Å². The molecule has 0 aromatic rings. The molecular weight excluding hydrogens is 212 g/mol. The lowest BCUT2D eigenvalue weighted by Crippen LogP contribution is -2.56. The highest BCUT2D eigenvalue weighted by Crippen LogP contribution is 2.39. The molecule has 3 nitrogen and oxygen atoms in total. The molecule has 1 atom stereocenters. The average Bonchev–Trinajstić information content (AvgIpc) is 3.04. The molecule has 0 radical (unpaired) electrons. The predicted molar refractivity (Wildman–Crippen MR) is 69.5 cm³/mol. The number of nitrogens with one attached hydrogen (secondary N) is 1. The van der Waals surface area contributed by atoms with Crippen molar-refractivity contribution in [3.63, 3.8) is 0 Å². The number of nitrogens with two attached hydrogens (primary N) is 1. The maximum Gasteiger partial charge on any atom is 0.240 e. The number of rotatable bonds is 3. The van der Waals surface area contributed by atoms with Crippen molar-refractivity contribution in [3.05, 3.63) is 0 Å². The minimum atomic E-state index is -0.646. The molecule has 2 saturated carbocycles. The maximum absolute atomic E-state index is 12.1. The summed E-state index contributed by atoms with van der Waals surface area (Å²) in [5, 5.41) is 3.15. The Kier molecular flexibility index (Phi) is 3.23. The fourth-order valence-electron chi connectivity index (χ4n) is 2.75. The molecule has 1 amide bonds. The van der Waals surface area contributed by atoms with Crippen LogP contribution in [0.5, 0.6) is 0 Å². The monoisotopic (exact) mass is 238 g/mol. The van der Waals surface area contributed by atoms with Crippen molar-refractivity contribution in [2.24, 2.45) is 17.1 Å². The van der Waals surface area contributed by atoms with Gasteiger partial charge in [0.1, 0.15) is 0 Å². The Hall–Kier alpha value is -0.570. The van der Waals surface area contributed by atoms with Crippen LogP contribution in [0.3, 0.4) is 0 Å². The van der Waals surface area contributed by atoms with Gasteiger partial charge in [-0.1, -0.05) is 13.8 Å². The molecule has 2 aliphatic carbocycles. The summed E-state index contributed by atoms with van der Waals surface area (Å²) in [5.41, 5.74) is 5.93. The molecule has 0 aliphatic heterocycles. The molecule has 3 N–H and O–H groups in total. The van der Waals surface area contributed by atoms with Crippen molar-refractivity contribution >= 4 is 5.91 Å². The molecule has 2 rings (SSSR count). The molecule has 0 aromatic heterocycles. The zero-order valence-corrected chi connectivity index (χ0v) is 11.4. The van der Waals surface area contributed by atoms with Crippen molar-refractivity contribution in [3.8, 4) is 0 Å². The van der Waals surface area contributed by atoms with Crippen LogP contribution in [0.15, 0.2) is 0 Å². The summed E-state index contributed by atoms with van der Waals surface area (Å²) in [6, 6.07) is 0.345. The molecule has 1 unspecified atom stereocenters. The quantitative estimate of drug-likeness (QED) is 0.792. The zero-order chi connectivity index (χ0) is 12.7. The van der Waals surface area contributed by atoms with Gasteiger partial charge in [0.05, 0.1) is 5.54 Å². The first-order chi connectivity index (χ1) is 7.81. The van der Waals surface area contributed by atoms with Crippen LogP contribution in [0, 0.1) is 11.3 Å². The Bertz CT molecular complexity index is 295. The number of carbonyl (C=O) groups excluding carboxylic acids is 1.